The van der Waals surface area contributed by atoms with Gasteiger partial charge in [0.25, 0.3) is 0 Å². The van der Waals surface area contributed by atoms with Crippen LogP contribution >= 0.6 is 0 Å². The van der Waals surface area contributed by atoms with E-state index in [0.29, 0.717) is 12.8 Å². The van der Waals surface area contributed by atoms with Gasteiger partial charge < -0.3 is 20.3 Å². The van der Waals surface area contributed by atoms with E-state index in [4.69, 9.17) is 5.11 Å². The molecule has 0 aliphatic heterocycles. The number of aliphatic hydroxyl groups excluding tert-OH is 2. The number of carboxylic acid groups (broad SMARTS) is 1. The monoisotopic (exact) mass is 304 g/mol. The van der Waals surface area contributed by atoms with Gasteiger partial charge in [0.2, 0.25) is 0 Å². The lowest BCUT2D eigenvalue weighted by molar-refractivity contribution is 0.0613. The molecule has 1 aromatic carbocycles. The molecule has 1 aromatic heterocycles. The number of aromatic nitrogens is 1. The summed E-state index contributed by atoms with van der Waals surface area (Å²) in [5, 5.41) is 32.5. The van der Waals surface area contributed by atoms with Crippen LogP contribution in [0.3, 0.4) is 0 Å². The Morgan fingerprint density at radius 2 is 2.27 bits per heavy atom. The van der Waals surface area contributed by atoms with Crippen molar-refractivity contribution < 1.29 is 20.1 Å². The number of carboxylic acids is 1. The molecule has 1 aliphatic carbocycles. The third kappa shape index (κ3) is 2.49. The molecular formula is C16H20N2O4. The number of aliphatic hydroxyl groups is 2. The van der Waals surface area contributed by atoms with Gasteiger partial charge in [0.1, 0.15) is 6.23 Å². The maximum Gasteiger partial charge on any atom is 0.335 e. The van der Waals surface area contributed by atoms with Crippen molar-refractivity contribution in [1.29, 1.82) is 0 Å². The Balaban J connectivity index is 2.06. The molecule has 0 fully saturated rings. The number of hydrogen-bond donors (Lipinski definition) is 5. The number of nitrogens with one attached hydrogen (secondary N) is 2. The summed E-state index contributed by atoms with van der Waals surface area (Å²) < 4.78 is 0. The fourth-order valence-corrected chi connectivity index (χ4v) is 3.39. The number of benzene rings is 1. The molecule has 1 heterocycles. The summed E-state index contributed by atoms with van der Waals surface area (Å²) in [4.78, 5) is 14.5. The van der Waals surface area contributed by atoms with Gasteiger partial charge in [-0.3, -0.25) is 5.32 Å². The molecule has 0 radical (unpaired) electrons. The van der Waals surface area contributed by atoms with Gasteiger partial charge in [-0.1, -0.05) is 0 Å². The lowest BCUT2D eigenvalue weighted by Gasteiger charge is -2.38. The zero-order valence-corrected chi connectivity index (χ0v) is 12.4. The third-order valence-electron chi connectivity index (χ3n) is 4.43. The Labute approximate surface area is 127 Å². The average molecular weight is 304 g/mol. The summed E-state index contributed by atoms with van der Waals surface area (Å²) in [7, 11) is 0. The minimum Gasteiger partial charge on any atom is -0.478 e. The first-order valence-electron chi connectivity index (χ1n) is 7.37. The smallest absolute Gasteiger partial charge is 0.335 e. The number of hydrogen-bond acceptors (Lipinski definition) is 4. The Morgan fingerprint density at radius 3 is 2.91 bits per heavy atom. The van der Waals surface area contributed by atoms with Crippen molar-refractivity contribution >= 4 is 16.9 Å². The predicted octanol–water partition coefficient (Wildman–Crippen LogP) is 1.01. The predicted molar refractivity (Wildman–Crippen MR) is 81.9 cm³/mol. The van der Waals surface area contributed by atoms with Gasteiger partial charge in [0.15, 0.2) is 0 Å². The van der Waals surface area contributed by atoms with E-state index >= 15 is 0 Å². The van der Waals surface area contributed by atoms with Crippen LogP contribution in [0.25, 0.3) is 10.9 Å². The fourth-order valence-electron chi connectivity index (χ4n) is 3.39. The first-order chi connectivity index (χ1) is 10.4. The second-order valence-corrected chi connectivity index (χ2v) is 6.08. The van der Waals surface area contributed by atoms with Gasteiger partial charge in [-0.2, -0.15) is 0 Å². The topological polar surface area (TPSA) is 106 Å². The van der Waals surface area contributed by atoms with E-state index in [9.17, 15) is 15.0 Å². The van der Waals surface area contributed by atoms with Crippen molar-refractivity contribution in [1.82, 2.24) is 10.3 Å². The van der Waals surface area contributed by atoms with E-state index in [2.05, 4.69) is 10.3 Å². The Hall–Kier alpha value is -1.89. The molecule has 2 atom stereocenters. The molecule has 22 heavy (non-hydrogen) atoms. The lowest BCUT2D eigenvalue weighted by Crippen LogP contribution is -2.55. The van der Waals surface area contributed by atoms with Crippen LogP contribution in [0.15, 0.2) is 18.2 Å². The van der Waals surface area contributed by atoms with Crippen molar-refractivity contribution in [2.45, 2.75) is 38.0 Å². The van der Waals surface area contributed by atoms with Crippen LogP contribution in [0.2, 0.25) is 0 Å². The van der Waals surface area contributed by atoms with E-state index in [1.165, 1.54) is 0 Å². The highest BCUT2D eigenvalue weighted by atomic mass is 16.4. The van der Waals surface area contributed by atoms with E-state index in [-0.39, 0.29) is 12.2 Å². The van der Waals surface area contributed by atoms with Gasteiger partial charge >= 0.3 is 5.97 Å². The molecule has 3 rings (SSSR count). The van der Waals surface area contributed by atoms with Crippen LogP contribution in [-0.2, 0) is 12.8 Å². The summed E-state index contributed by atoms with van der Waals surface area (Å²) in [6.45, 7) is 1.55. The number of rotatable bonds is 4. The van der Waals surface area contributed by atoms with Crippen LogP contribution in [-0.4, -0.2) is 44.6 Å². The molecule has 1 aliphatic rings. The van der Waals surface area contributed by atoms with Gasteiger partial charge in [-0.15, -0.1) is 0 Å². The van der Waals surface area contributed by atoms with E-state index in [1.807, 2.05) is 0 Å². The molecule has 0 spiro atoms. The summed E-state index contributed by atoms with van der Waals surface area (Å²) in [5.41, 5.74) is 2.68. The zero-order valence-electron chi connectivity index (χ0n) is 12.4. The molecular weight excluding hydrogens is 284 g/mol. The van der Waals surface area contributed by atoms with Crippen molar-refractivity contribution in [2.75, 3.05) is 6.61 Å². The normalized spacial score (nSPS) is 22.5. The number of carbonyl (C=O) groups is 1. The van der Waals surface area contributed by atoms with Crippen LogP contribution in [0.1, 0.15) is 35.0 Å². The average Bonchev–Trinajstić information content (AvgIpc) is 2.83. The van der Waals surface area contributed by atoms with Crippen LogP contribution in [0.4, 0.5) is 0 Å². The maximum absolute atomic E-state index is 11.2. The molecule has 118 valence electrons. The van der Waals surface area contributed by atoms with Gasteiger partial charge in [0, 0.05) is 22.1 Å². The van der Waals surface area contributed by atoms with E-state index in [0.717, 1.165) is 28.6 Å². The molecule has 0 amide bonds. The van der Waals surface area contributed by atoms with Gasteiger partial charge in [0.05, 0.1) is 12.2 Å². The minimum absolute atomic E-state index is 0.0807. The molecule has 2 aromatic rings. The molecule has 5 N–H and O–H groups in total. The van der Waals surface area contributed by atoms with Crippen LogP contribution in [0, 0.1) is 0 Å². The minimum atomic E-state index is -0.955. The summed E-state index contributed by atoms with van der Waals surface area (Å²) >= 11 is 0. The molecule has 0 saturated carbocycles. The first kappa shape index (κ1) is 15.0. The van der Waals surface area contributed by atoms with Gasteiger partial charge in [-0.05, 0) is 49.9 Å². The fraction of sp³-hybridized carbons (Fsp3) is 0.438. The molecule has 6 nitrogen and oxygen atoms in total. The van der Waals surface area contributed by atoms with Crippen molar-refractivity contribution in [3.05, 3.63) is 35.0 Å². The standard InChI is InChI=1S/C16H20N2O4/c1-9(20)18-16(8-19)5-4-14-12(7-16)11-6-10(15(21)22)2-3-13(11)17-14/h2-3,6,9,17-20H,4-5,7-8H2,1H3,(H,21,22). The number of fused-ring (bicyclic) bond motifs is 3. The van der Waals surface area contributed by atoms with Crippen molar-refractivity contribution in [3.8, 4) is 0 Å². The number of aromatic carboxylic acids is 1. The number of aromatic amines is 1. The van der Waals surface area contributed by atoms with Crippen LogP contribution < -0.4 is 5.32 Å². The highest BCUT2D eigenvalue weighted by molar-refractivity contribution is 5.95. The highest BCUT2D eigenvalue weighted by Crippen LogP contribution is 2.34. The summed E-state index contributed by atoms with van der Waals surface area (Å²) in [6, 6.07) is 5.03. The summed E-state index contributed by atoms with van der Waals surface area (Å²) in [5.74, 6) is -0.955. The quantitative estimate of drug-likeness (QED) is 0.542. The first-order valence-corrected chi connectivity index (χ1v) is 7.37. The Morgan fingerprint density at radius 1 is 1.50 bits per heavy atom. The Kier molecular flexibility index (Phi) is 3.68. The number of aryl methyl sites for hydroxylation is 1. The van der Waals surface area contributed by atoms with E-state index in [1.54, 1.807) is 25.1 Å². The lowest BCUT2D eigenvalue weighted by atomic mass is 9.80. The molecule has 0 bridgehead atoms. The van der Waals surface area contributed by atoms with Gasteiger partial charge in [-0.25, -0.2) is 4.79 Å². The third-order valence-corrected chi connectivity index (χ3v) is 4.43. The van der Waals surface area contributed by atoms with Crippen LogP contribution in [0.5, 0.6) is 0 Å². The number of H-pyrrole nitrogens is 1. The molecule has 0 saturated heterocycles. The zero-order chi connectivity index (χ0) is 15.9. The maximum atomic E-state index is 11.2. The summed E-state index contributed by atoms with van der Waals surface area (Å²) in [6.07, 6.45) is 1.29. The van der Waals surface area contributed by atoms with E-state index < -0.39 is 17.7 Å². The SMILES string of the molecule is CC(O)NC1(CO)CCc2[nH]c3ccc(C(=O)O)cc3c2C1. The Bertz CT molecular complexity index is 722. The largest absolute Gasteiger partial charge is 0.478 e. The molecule has 6 heteroatoms. The van der Waals surface area contributed by atoms with Crippen molar-refractivity contribution in [2.24, 2.45) is 0 Å². The highest BCUT2D eigenvalue weighted by Gasteiger charge is 2.36. The molecule has 2 unspecified atom stereocenters. The van der Waals surface area contributed by atoms with Crippen molar-refractivity contribution in [3.63, 3.8) is 0 Å². The second-order valence-electron chi connectivity index (χ2n) is 6.08. The second kappa shape index (κ2) is 5.39.